The second kappa shape index (κ2) is 14.3. The van der Waals surface area contributed by atoms with Crippen molar-refractivity contribution in [2.24, 2.45) is 0 Å². The quantitative estimate of drug-likeness (QED) is 0.159. The Labute approximate surface area is 197 Å². The lowest BCUT2D eigenvalue weighted by Crippen LogP contribution is -2.52. The predicted molar refractivity (Wildman–Crippen MR) is 91.6 cm³/mol. The summed E-state index contributed by atoms with van der Waals surface area (Å²) < 4.78 is 183. The number of carbonyl (C=O) groups excluding carboxylic acids is 1. The van der Waals surface area contributed by atoms with Crippen molar-refractivity contribution in [3.05, 3.63) is 24.3 Å². The molecule has 0 aliphatic heterocycles. The largest absolute Gasteiger partial charge is 0.478 e. The molecule has 37 heavy (non-hydrogen) atoms. The molecule has 0 heterocycles. The number of aliphatic hydroxyl groups is 1. The van der Waals surface area contributed by atoms with Crippen LogP contribution in [0.15, 0.2) is 24.3 Å². The van der Waals surface area contributed by atoms with Gasteiger partial charge in [-0.2, -0.15) is 65.5 Å². The molecule has 0 aliphatic carbocycles. The summed E-state index contributed by atoms with van der Waals surface area (Å²) >= 11 is 0. The van der Waals surface area contributed by atoms with Crippen LogP contribution in [0.25, 0.3) is 0 Å². The van der Waals surface area contributed by atoms with E-state index in [4.69, 9.17) is 27.7 Å². The number of carboxylic acids is 1. The summed E-state index contributed by atoms with van der Waals surface area (Å²) in [5.74, 6) is -8.80. The van der Waals surface area contributed by atoms with Gasteiger partial charge in [0, 0.05) is 11.1 Å². The fourth-order valence-corrected chi connectivity index (χ4v) is 0.688. The van der Waals surface area contributed by atoms with Gasteiger partial charge in [0.05, 0.1) is 0 Å². The zero-order valence-electron chi connectivity index (χ0n) is 17.6. The maximum absolute atomic E-state index is 11.8. The molecular weight excluding hydrogens is 591 g/mol. The normalized spacial score (nSPS) is 12.5. The Bertz CT molecular complexity index is 832. The van der Waals surface area contributed by atoms with Crippen LogP contribution < -0.4 is 0 Å². The van der Waals surface area contributed by atoms with E-state index in [1.807, 2.05) is 0 Å². The SMILES string of the molecule is C=C(C)C(=O)O.C=C(C)C(=O)OC(C(F)(F)F)C(F)(F)F.O=S(=O)(O)O.OC(F)(C(F)(F)F)C(F)(F)F. The summed E-state index contributed by atoms with van der Waals surface area (Å²) in [6.07, 6.45) is -28.2. The number of alkyl halides is 13. The third-order valence-corrected chi connectivity index (χ3v) is 2.28. The Kier molecular flexibility index (Phi) is 16.1. The molecule has 4 N–H and O–H groups in total. The molecule has 0 aromatic carbocycles. The Morgan fingerprint density at radius 2 is 0.946 bits per heavy atom. The number of aliphatic carboxylic acids is 1. The summed E-state index contributed by atoms with van der Waals surface area (Å²) in [4.78, 5) is 20.1. The summed E-state index contributed by atoms with van der Waals surface area (Å²) in [5, 5.41) is 15.2. The third kappa shape index (κ3) is 21.2. The minimum atomic E-state index is -6.36. The van der Waals surface area contributed by atoms with E-state index in [0.717, 1.165) is 6.92 Å². The maximum Gasteiger partial charge on any atom is 0.458 e. The smallest absolute Gasteiger partial charge is 0.458 e. The number of carbonyl (C=O) groups is 2. The monoisotopic (exact) mass is 606 g/mol. The lowest BCUT2D eigenvalue weighted by atomic mass is 10.3. The van der Waals surface area contributed by atoms with E-state index < -0.39 is 64.6 Å². The summed E-state index contributed by atoms with van der Waals surface area (Å²) in [6.45, 7) is 8.40. The van der Waals surface area contributed by atoms with Gasteiger partial charge >= 0.3 is 52.9 Å². The molecule has 9 nitrogen and oxygen atoms in total. The molecular formula is C14H15F13O9S. The van der Waals surface area contributed by atoms with E-state index in [0.29, 0.717) is 0 Å². The van der Waals surface area contributed by atoms with Gasteiger partial charge in [0.1, 0.15) is 0 Å². The summed E-state index contributed by atoms with van der Waals surface area (Å²) in [7, 11) is -4.67. The number of rotatable bonds is 3. The van der Waals surface area contributed by atoms with Crippen LogP contribution in [-0.4, -0.2) is 76.3 Å². The molecule has 0 aromatic heterocycles. The van der Waals surface area contributed by atoms with E-state index in [1.54, 1.807) is 0 Å². The standard InChI is InChI=1S/C7H6F6O2.C4H6O2.C3HF7O.H2O4S/c1-3(2)4(14)15-5(6(8,9)10)7(11,12)13;1-3(2)4(5)6;4-1(11,2(5,6)7)3(8,9)10;1-5(2,3)4/h5H,1H2,2H3;1H2,2H3,(H,5,6);11H;(H2,1,2,3,4). The molecule has 222 valence electrons. The van der Waals surface area contributed by atoms with E-state index in [2.05, 4.69) is 17.9 Å². The van der Waals surface area contributed by atoms with Gasteiger partial charge < -0.3 is 14.9 Å². The molecule has 0 unspecified atom stereocenters. The van der Waals surface area contributed by atoms with Gasteiger partial charge in [0.15, 0.2) is 0 Å². The highest BCUT2D eigenvalue weighted by Crippen LogP contribution is 2.43. The minimum Gasteiger partial charge on any atom is -0.478 e. The molecule has 0 rings (SSSR count). The van der Waals surface area contributed by atoms with Gasteiger partial charge in [-0.1, -0.05) is 13.2 Å². The Hall–Kier alpha value is -2.66. The van der Waals surface area contributed by atoms with E-state index >= 15 is 0 Å². The molecule has 0 fully saturated rings. The van der Waals surface area contributed by atoms with Crippen LogP contribution in [0, 0.1) is 0 Å². The zero-order valence-corrected chi connectivity index (χ0v) is 18.5. The first-order chi connectivity index (χ1) is 15.6. The highest BCUT2D eigenvalue weighted by Gasteiger charge is 2.72. The van der Waals surface area contributed by atoms with Crippen molar-refractivity contribution < 1.29 is 99.1 Å². The van der Waals surface area contributed by atoms with Gasteiger partial charge in [0.25, 0.3) is 6.10 Å². The Morgan fingerprint density at radius 3 is 1.03 bits per heavy atom. The molecule has 0 aliphatic rings. The highest BCUT2D eigenvalue weighted by molar-refractivity contribution is 7.79. The molecule has 0 saturated heterocycles. The average Bonchev–Trinajstić information content (AvgIpc) is 2.54. The van der Waals surface area contributed by atoms with Crippen molar-refractivity contribution in [2.45, 2.75) is 50.5 Å². The fraction of sp³-hybridized carbons (Fsp3) is 0.571. The van der Waals surface area contributed by atoms with Crippen LogP contribution in [0.4, 0.5) is 57.1 Å². The van der Waals surface area contributed by atoms with Crippen molar-refractivity contribution in [3.8, 4) is 0 Å². The number of hydrogen-bond acceptors (Lipinski definition) is 6. The number of carboxylic acid groups (broad SMARTS) is 1. The van der Waals surface area contributed by atoms with Gasteiger partial charge in [-0.15, -0.1) is 0 Å². The maximum atomic E-state index is 11.8. The van der Waals surface area contributed by atoms with Crippen molar-refractivity contribution in [2.75, 3.05) is 0 Å². The van der Waals surface area contributed by atoms with Gasteiger partial charge in [0.2, 0.25) is 0 Å². The van der Waals surface area contributed by atoms with Crippen LogP contribution in [0.2, 0.25) is 0 Å². The first kappa shape index (κ1) is 41.5. The lowest BCUT2D eigenvalue weighted by Gasteiger charge is -2.23. The molecule has 0 spiro atoms. The molecule has 0 amide bonds. The van der Waals surface area contributed by atoms with Crippen molar-refractivity contribution in [3.63, 3.8) is 0 Å². The molecule has 0 atom stereocenters. The number of esters is 1. The second-order valence-corrected chi connectivity index (χ2v) is 6.70. The molecule has 0 saturated carbocycles. The van der Waals surface area contributed by atoms with E-state index in [-0.39, 0.29) is 5.57 Å². The van der Waals surface area contributed by atoms with Crippen molar-refractivity contribution >= 4 is 22.3 Å². The van der Waals surface area contributed by atoms with Gasteiger partial charge in [-0.05, 0) is 13.8 Å². The molecule has 0 aromatic rings. The second-order valence-electron chi connectivity index (χ2n) is 5.80. The van der Waals surface area contributed by atoms with E-state index in [1.165, 1.54) is 6.92 Å². The highest BCUT2D eigenvalue weighted by atomic mass is 32.3. The van der Waals surface area contributed by atoms with Gasteiger partial charge in [-0.25, -0.2) is 9.59 Å². The van der Waals surface area contributed by atoms with Crippen molar-refractivity contribution in [1.82, 2.24) is 0 Å². The number of halogens is 13. The van der Waals surface area contributed by atoms with Crippen LogP contribution in [0.3, 0.4) is 0 Å². The Balaban J connectivity index is -0.000000216. The average molecular weight is 606 g/mol. The molecule has 0 bridgehead atoms. The summed E-state index contributed by atoms with van der Waals surface area (Å²) in [6, 6.07) is 0. The van der Waals surface area contributed by atoms with E-state index in [9.17, 15) is 66.7 Å². The topological polar surface area (TPSA) is 158 Å². The van der Waals surface area contributed by atoms with Crippen LogP contribution >= 0.6 is 0 Å². The van der Waals surface area contributed by atoms with Crippen molar-refractivity contribution in [1.29, 1.82) is 0 Å². The molecule has 23 heteroatoms. The van der Waals surface area contributed by atoms with Crippen LogP contribution in [-0.2, 0) is 24.7 Å². The van der Waals surface area contributed by atoms with Gasteiger partial charge in [-0.3, -0.25) is 9.11 Å². The van der Waals surface area contributed by atoms with Crippen LogP contribution in [0.5, 0.6) is 0 Å². The molecule has 0 radical (unpaired) electrons. The fourth-order valence-electron chi connectivity index (χ4n) is 0.688. The minimum absolute atomic E-state index is 0.176. The first-order valence-electron chi connectivity index (χ1n) is 7.73. The number of ether oxygens (including phenoxy) is 1. The predicted octanol–water partition coefficient (Wildman–Crippen LogP) is 4.36. The first-order valence-corrected chi connectivity index (χ1v) is 9.13. The number of hydrogen-bond donors (Lipinski definition) is 4. The third-order valence-electron chi connectivity index (χ3n) is 2.28. The van der Waals surface area contributed by atoms with Crippen LogP contribution in [0.1, 0.15) is 13.8 Å². The lowest BCUT2D eigenvalue weighted by molar-refractivity contribution is -0.417. The Morgan fingerprint density at radius 1 is 0.730 bits per heavy atom. The summed E-state index contributed by atoms with van der Waals surface area (Å²) in [5.41, 5.74) is -0.372. The zero-order chi connectivity index (χ0) is 31.6.